The van der Waals surface area contributed by atoms with Gasteiger partial charge in [-0.15, -0.1) is 0 Å². The maximum Gasteiger partial charge on any atom is 0.339 e. The zero-order valence-electron chi connectivity index (χ0n) is 11.4. The Balaban J connectivity index is 0.00000220. The predicted octanol–water partition coefficient (Wildman–Crippen LogP) is 1.91. The summed E-state index contributed by atoms with van der Waals surface area (Å²) in [7, 11) is -4.46. The van der Waals surface area contributed by atoms with Crippen molar-refractivity contribution >= 4 is 45.6 Å². The van der Waals surface area contributed by atoms with E-state index in [1.54, 1.807) is 24.3 Å². The molecular weight excluding hydrogens is 303 g/mol. The summed E-state index contributed by atoms with van der Waals surface area (Å²) < 4.78 is 36.5. The van der Waals surface area contributed by atoms with Crippen LogP contribution in [0.4, 0.5) is 0 Å². The van der Waals surface area contributed by atoms with Gasteiger partial charge in [0.25, 0.3) is 10.1 Å². The molecule has 21 heavy (non-hydrogen) atoms. The summed E-state index contributed by atoms with van der Waals surface area (Å²) in [6.07, 6.45) is 0. The monoisotopic (exact) mass is 315 g/mol. The van der Waals surface area contributed by atoms with Gasteiger partial charge in [-0.3, -0.25) is 4.55 Å². The summed E-state index contributed by atoms with van der Waals surface area (Å²) in [5, 5.41) is 0. The molecule has 0 spiro atoms. The molecule has 2 aromatic rings. The van der Waals surface area contributed by atoms with Gasteiger partial charge in [0.1, 0.15) is 11.5 Å². The molecule has 0 atom stereocenters. The molecule has 5 nitrogen and oxygen atoms in total. The molecule has 1 N–H and O–H groups in total. The van der Waals surface area contributed by atoms with Gasteiger partial charge in [-0.1, -0.05) is 42.5 Å². The molecule has 2 rings (SSSR count). The van der Waals surface area contributed by atoms with Crippen LogP contribution in [-0.2, 0) is 21.5 Å². The third-order valence-electron chi connectivity index (χ3n) is 2.60. The van der Waals surface area contributed by atoms with Gasteiger partial charge in [0.15, 0.2) is 0 Å². The van der Waals surface area contributed by atoms with E-state index in [0.717, 1.165) is 11.6 Å². The van der Waals surface area contributed by atoms with Gasteiger partial charge in [-0.2, -0.15) is 8.42 Å². The van der Waals surface area contributed by atoms with Gasteiger partial charge in [-0.05, 0) is 17.7 Å². The Morgan fingerprint density at radius 3 is 2.19 bits per heavy atom. The quantitative estimate of drug-likeness (QED) is 0.529. The molecule has 0 bridgehead atoms. The van der Waals surface area contributed by atoms with E-state index in [4.69, 9.17) is 9.29 Å². The van der Waals surface area contributed by atoms with E-state index in [2.05, 4.69) is 0 Å². The minimum atomic E-state index is -4.46. The van der Waals surface area contributed by atoms with E-state index in [0.29, 0.717) is 0 Å². The molecule has 1 radical (unpaired) electrons. The van der Waals surface area contributed by atoms with E-state index in [1.807, 2.05) is 6.07 Å². The third kappa shape index (κ3) is 4.94. The van der Waals surface area contributed by atoms with Crippen LogP contribution < -0.4 is 0 Å². The van der Waals surface area contributed by atoms with Crippen molar-refractivity contribution in [2.75, 3.05) is 0 Å². The second kappa shape index (κ2) is 7.72. The molecule has 0 fully saturated rings. The number of carbonyl (C=O) groups excluding carboxylic acids is 1. The third-order valence-corrected chi connectivity index (χ3v) is 3.51. The Bertz CT molecular complexity index is 713. The van der Waals surface area contributed by atoms with Gasteiger partial charge in [-0.25, -0.2) is 4.79 Å². The molecule has 105 valence electrons. The molecule has 0 saturated carbocycles. The van der Waals surface area contributed by atoms with Crippen LogP contribution in [0.15, 0.2) is 59.5 Å². The summed E-state index contributed by atoms with van der Waals surface area (Å²) in [4.78, 5) is 11.4. The van der Waals surface area contributed by atoms with Crippen LogP contribution in [0.2, 0.25) is 0 Å². The number of esters is 1. The SMILES string of the molecule is O=C(OCc1ccccc1)c1ccccc1S(=O)(=O)O.[Na]. The van der Waals surface area contributed by atoms with Crippen molar-refractivity contribution in [1.82, 2.24) is 0 Å². The molecule has 0 saturated heterocycles. The molecule has 0 aliphatic rings. The second-order valence-electron chi connectivity index (χ2n) is 4.03. The topological polar surface area (TPSA) is 80.7 Å². The molecule has 2 aromatic carbocycles. The summed E-state index contributed by atoms with van der Waals surface area (Å²) in [5.74, 6) is -0.804. The zero-order chi connectivity index (χ0) is 14.6. The largest absolute Gasteiger partial charge is 0.457 e. The molecular formula is C14H12NaO5S. The minimum absolute atomic E-state index is 0. The molecule has 0 amide bonds. The average molecular weight is 315 g/mol. The molecule has 0 aromatic heterocycles. The van der Waals surface area contributed by atoms with Crippen LogP contribution in [-0.4, -0.2) is 48.5 Å². The Hall–Kier alpha value is -1.18. The second-order valence-corrected chi connectivity index (χ2v) is 5.42. The van der Waals surface area contributed by atoms with Crippen LogP contribution in [0.3, 0.4) is 0 Å². The van der Waals surface area contributed by atoms with Gasteiger partial charge >= 0.3 is 5.97 Å². The number of carbonyl (C=O) groups is 1. The van der Waals surface area contributed by atoms with E-state index < -0.39 is 21.0 Å². The first kappa shape index (κ1) is 17.9. The van der Waals surface area contributed by atoms with Crippen molar-refractivity contribution in [3.05, 3.63) is 65.7 Å². The van der Waals surface area contributed by atoms with E-state index >= 15 is 0 Å². The molecule has 7 heteroatoms. The molecule has 0 aliphatic carbocycles. The first-order valence-corrected chi connectivity index (χ1v) is 7.20. The first-order valence-electron chi connectivity index (χ1n) is 5.76. The fourth-order valence-electron chi connectivity index (χ4n) is 1.66. The maximum atomic E-state index is 11.9. The fourth-order valence-corrected chi connectivity index (χ4v) is 2.34. The first-order chi connectivity index (χ1) is 9.48. The number of hydrogen-bond acceptors (Lipinski definition) is 4. The molecule has 0 aliphatic heterocycles. The number of ether oxygens (including phenoxy) is 1. The zero-order valence-corrected chi connectivity index (χ0v) is 14.2. The van der Waals surface area contributed by atoms with E-state index in [9.17, 15) is 13.2 Å². The Labute approximate surface area is 145 Å². The summed E-state index contributed by atoms with van der Waals surface area (Å²) in [6, 6.07) is 14.3. The molecule has 0 heterocycles. The van der Waals surface area contributed by atoms with Crippen molar-refractivity contribution in [3.8, 4) is 0 Å². The number of rotatable bonds is 4. The Morgan fingerprint density at radius 1 is 1.00 bits per heavy atom. The average Bonchev–Trinajstić information content (AvgIpc) is 2.45. The van der Waals surface area contributed by atoms with Crippen molar-refractivity contribution in [2.24, 2.45) is 0 Å². The van der Waals surface area contributed by atoms with E-state index in [-0.39, 0.29) is 41.7 Å². The van der Waals surface area contributed by atoms with Gasteiger partial charge in [0.2, 0.25) is 0 Å². The summed E-state index contributed by atoms with van der Waals surface area (Å²) in [5.41, 5.74) is 0.594. The Kier molecular flexibility index (Phi) is 6.57. The van der Waals surface area contributed by atoms with Gasteiger partial charge in [0.05, 0.1) is 5.56 Å². The van der Waals surface area contributed by atoms with Crippen molar-refractivity contribution < 1.29 is 22.5 Å². The summed E-state index contributed by atoms with van der Waals surface area (Å²) >= 11 is 0. The normalized spacial score (nSPS) is 10.5. The van der Waals surface area contributed by atoms with Crippen LogP contribution in [0.25, 0.3) is 0 Å². The molecule has 0 unspecified atom stereocenters. The van der Waals surface area contributed by atoms with E-state index in [1.165, 1.54) is 18.2 Å². The standard InChI is InChI=1S/C14H12O5S.Na/c15-14(19-10-11-6-2-1-3-7-11)12-8-4-5-9-13(12)20(16,17)18;/h1-9H,10H2,(H,16,17,18);. The fraction of sp³-hybridized carbons (Fsp3) is 0.0714. The smallest absolute Gasteiger partial charge is 0.339 e. The van der Waals surface area contributed by atoms with Crippen LogP contribution in [0, 0.1) is 0 Å². The van der Waals surface area contributed by atoms with Crippen molar-refractivity contribution in [3.63, 3.8) is 0 Å². The van der Waals surface area contributed by atoms with Crippen LogP contribution in [0.1, 0.15) is 15.9 Å². The van der Waals surface area contributed by atoms with Crippen LogP contribution in [0.5, 0.6) is 0 Å². The predicted molar refractivity (Wildman–Crippen MR) is 77.6 cm³/mol. The Morgan fingerprint density at radius 2 is 1.57 bits per heavy atom. The van der Waals surface area contributed by atoms with Crippen molar-refractivity contribution in [2.45, 2.75) is 11.5 Å². The minimum Gasteiger partial charge on any atom is -0.457 e. The van der Waals surface area contributed by atoms with Gasteiger partial charge in [0, 0.05) is 29.6 Å². The maximum absolute atomic E-state index is 11.9. The van der Waals surface area contributed by atoms with Gasteiger partial charge < -0.3 is 4.74 Å². The number of hydrogen-bond donors (Lipinski definition) is 1. The number of benzene rings is 2. The summed E-state index contributed by atoms with van der Waals surface area (Å²) in [6.45, 7) is 0.0273. The van der Waals surface area contributed by atoms with Crippen molar-refractivity contribution in [1.29, 1.82) is 0 Å². The van der Waals surface area contributed by atoms with Crippen LogP contribution >= 0.6 is 0 Å².